The number of carbonyl (C=O) groups is 1. The summed E-state index contributed by atoms with van der Waals surface area (Å²) in [6.07, 6.45) is 0.918. The fourth-order valence-electron chi connectivity index (χ4n) is 4.59. The van der Waals surface area contributed by atoms with E-state index in [9.17, 15) is 13.2 Å². The molecule has 0 atom stereocenters. The summed E-state index contributed by atoms with van der Waals surface area (Å²) in [6, 6.07) is 26.7. The Morgan fingerprint density at radius 1 is 0.974 bits per heavy atom. The van der Waals surface area contributed by atoms with Crippen molar-refractivity contribution in [2.24, 2.45) is 10.9 Å². The first-order valence-corrected chi connectivity index (χ1v) is 14.9. The molecule has 1 aliphatic rings. The van der Waals surface area contributed by atoms with Crippen molar-refractivity contribution in [1.29, 1.82) is 0 Å². The fraction of sp³-hybridized carbons (Fsp3) is 0.241. The highest BCUT2D eigenvalue weighted by Gasteiger charge is 2.33. The number of carbonyl (C=O) groups excluding carboxylic acids is 1. The van der Waals surface area contributed by atoms with Crippen molar-refractivity contribution in [2.75, 3.05) is 19.7 Å². The molecule has 7 nitrogen and oxygen atoms in total. The number of hydrogen-bond donors (Lipinski definition) is 0. The molecule has 0 aliphatic carbocycles. The Balaban J connectivity index is 1.49. The Kier molecular flexibility index (Phi) is 7.87. The van der Waals surface area contributed by atoms with E-state index < -0.39 is 10.0 Å². The summed E-state index contributed by atoms with van der Waals surface area (Å²) < 4.78 is 35.8. The third-order valence-corrected chi connectivity index (χ3v) is 9.27. The monoisotopic (exact) mass is 547 g/mol. The van der Waals surface area contributed by atoms with Crippen molar-refractivity contribution in [3.05, 3.63) is 95.1 Å². The van der Waals surface area contributed by atoms with Gasteiger partial charge in [-0.15, -0.1) is 11.3 Å². The SMILES string of the molecule is CCOC(=O)C1CCN(S(=O)(=O)c2cccc(-c3csc(=Nc4ccccc4)n3-c3ccccc3)c2)CC1. The van der Waals surface area contributed by atoms with Crippen molar-refractivity contribution in [2.45, 2.75) is 24.7 Å². The zero-order chi connectivity index (χ0) is 26.5. The zero-order valence-corrected chi connectivity index (χ0v) is 22.7. The van der Waals surface area contributed by atoms with Crippen LogP contribution in [0.1, 0.15) is 19.8 Å². The molecule has 0 saturated carbocycles. The first kappa shape index (κ1) is 26.1. The number of ether oxygens (including phenoxy) is 1. The number of piperidine rings is 1. The van der Waals surface area contributed by atoms with Gasteiger partial charge in [0.2, 0.25) is 10.0 Å². The van der Waals surface area contributed by atoms with Gasteiger partial charge in [0.15, 0.2) is 4.80 Å². The van der Waals surface area contributed by atoms with E-state index in [0.717, 1.165) is 27.4 Å². The average Bonchev–Trinajstić information content (AvgIpc) is 3.38. The van der Waals surface area contributed by atoms with Crippen LogP contribution in [0.4, 0.5) is 5.69 Å². The van der Waals surface area contributed by atoms with Gasteiger partial charge in [-0.2, -0.15) is 4.31 Å². The van der Waals surface area contributed by atoms with Crippen LogP contribution in [0.2, 0.25) is 0 Å². The van der Waals surface area contributed by atoms with Gasteiger partial charge in [-0.3, -0.25) is 9.36 Å². The highest BCUT2D eigenvalue weighted by Crippen LogP contribution is 2.29. The van der Waals surface area contributed by atoms with Gasteiger partial charge < -0.3 is 4.74 Å². The van der Waals surface area contributed by atoms with Crippen LogP contribution in [0, 0.1) is 5.92 Å². The molecule has 0 bridgehead atoms. The molecule has 0 spiro atoms. The topological polar surface area (TPSA) is 81.0 Å². The standard InChI is InChI=1S/C29H29N3O4S2/c1-2-36-28(33)22-16-18-31(19-17-22)38(34,35)26-15-9-10-23(20-26)27-21-37-29(30-24-11-5-3-6-12-24)32(27)25-13-7-4-8-14-25/h3-15,20-22H,2,16-19H2,1H3. The van der Waals surface area contributed by atoms with Gasteiger partial charge in [0, 0.05) is 29.7 Å². The molecular formula is C29H29N3O4S2. The average molecular weight is 548 g/mol. The molecule has 196 valence electrons. The Bertz CT molecular complexity index is 1570. The lowest BCUT2D eigenvalue weighted by Gasteiger charge is -2.30. The summed E-state index contributed by atoms with van der Waals surface area (Å²) in [4.78, 5) is 18.0. The summed E-state index contributed by atoms with van der Waals surface area (Å²) in [7, 11) is -3.72. The second kappa shape index (κ2) is 11.5. The Morgan fingerprint density at radius 2 is 1.66 bits per heavy atom. The quantitative estimate of drug-likeness (QED) is 0.290. The smallest absolute Gasteiger partial charge is 0.309 e. The van der Waals surface area contributed by atoms with E-state index in [-0.39, 0.29) is 16.8 Å². The van der Waals surface area contributed by atoms with Crippen LogP contribution < -0.4 is 4.80 Å². The predicted molar refractivity (Wildman–Crippen MR) is 149 cm³/mol. The molecule has 5 rings (SSSR count). The Morgan fingerprint density at radius 3 is 2.34 bits per heavy atom. The van der Waals surface area contributed by atoms with Gasteiger partial charge in [0.1, 0.15) is 0 Å². The van der Waals surface area contributed by atoms with Crippen LogP contribution in [0.15, 0.2) is 100 Å². The molecule has 2 heterocycles. The van der Waals surface area contributed by atoms with Gasteiger partial charge in [0.05, 0.1) is 28.8 Å². The lowest BCUT2D eigenvalue weighted by Crippen LogP contribution is -2.40. The first-order chi connectivity index (χ1) is 18.5. The molecule has 1 fully saturated rings. The van der Waals surface area contributed by atoms with Crippen molar-refractivity contribution in [3.63, 3.8) is 0 Å². The minimum Gasteiger partial charge on any atom is -0.466 e. The highest BCUT2D eigenvalue weighted by atomic mass is 32.2. The molecule has 0 unspecified atom stereocenters. The van der Waals surface area contributed by atoms with Crippen molar-refractivity contribution < 1.29 is 17.9 Å². The Labute approximate surface area is 226 Å². The van der Waals surface area contributed by atoms with Crippen LogP contribution >= 0.6 is 11.3 Å². The van der Waals surface area contributed by atoms with E-state index in [1.54, 1.807) is 25.1 Å². The summed E-state index contributed by atoms with van der Waals surface area (Å²) in [5.41, 5.74) is 3.41. The fourth-order valence-corrected chi connectivity index (χ4v) is 7.03. The molecule has 4 aromatic rings. The van der Waals surface area contributed by atoms with Crippen LogP contribution in [0.3, 0.4) is 0 Å². The van der Waals surface area contributed by atoms with Crippen LogP contribution in [-0.4, -0.2) is 43.0 Å². The summed E-state index contributed by atoms with van der Waals surface area (Å²) in [6.45, 7) is 2.69. The third-order valence-electron chi connectivity index (χ3n) is 6.54. The van der Waals surface area contributed by atoms with Gasteiger partial charge in [-0.1, -0.05) is 48.5 Å². The minimum absolute atomic E-state index is 0.233. The number of nitrogens with zero attached hydrogens (tertiary/aromatic N) is 3. The molecule has 0 N–H and O–H groups in total. The lowest BCUT2D eigenvalue weighted by atomic mass is 9.98. The molecule has 9 heteroatoms. The second-order valence-electron chi connectivity index (χ2n) is 8.98. The maximum atomic E-state index is 13.6. The maximum absolute atomic E-state index is 13.6. The molecule has 3 aromatic carbocycles. The van der Waals surface area contributed by atoms with Crippen molar-refractivity contribution >= 4 is 33.0 Å². The number of thiazole rings is 1. The largest absolute Gasteiger partial charge is 0.466 e. The number of aromatic nitrogens is 1. The number of rotatable bonds is 7. The van der Waals surface area contributed by atoms with Gasteiger partial charge in [-0.25, -0.2) is 13.4 Å². The van der Waals surface area contributed by atoms with E-state index in [1.165, 1.54) is 15.6 Å². The summed E-state index contributed by atoms with van der Waals surface area (Å²) in [5, 5.41) is 2.01. The van der Waals surface area contributed by atoms with E-state index in [4.69, 9.17) is 9.73 Å². The predicted octanol–water partition coefficient (Wildman–Crippen LogP) is 5.40. The highest BCUT2D eigenvalue weighted by molar-refractivity contribution is 7.89. The number of benzene rings is 3. The zero-order valence-electron chi connectivity index (χ0n) is 21.1. The van der Waals surface area contributed by atoms with E-state index in [0.29, 0.717) is 32.5 Å². The molecule has 38 heavy (non-hydrogen) atoms. The Hall–Kier alpha value is -3.53. The molecular weight excluding hydrogens is 518 g/mol. The minimum atomic E-state index is -3.72. The second-order valence-corrected chi connectivity index (χ2v) is 11.8. The maximum Gasteiger partial charge on any atom is 0.309 e. The van der Waals surface area contributed by atoms with Crippen molar-refractivity contribution in [3.8, 4) is 16.9 Å². The van der Waals surface area contributed by atoms with Gasteiger partial charge >= 0.3 is 5.97 Å². The normalized spacial score (nSPS) is 15.4. The van der Waals surface area contributed by atoms with Crippen LogP contribution in [0.5, 0.6) is 0 Å². The lowest BCUT2D eigenvalue weighted by molar-refractivity contribution is -0.149. The molecule has 1 aliphatic heterocycles. The van der Waals surface area contributed by atoms with E-state index >= 15 is 0 Å². The summed E-state index contributed by atoms with van der Waals surface area (Å²) in [5.74, 6) is -0.499. The molecule has 1 saturated heterocycles. The van der Waals surface area contributed by atoms with Crippen molar-refractivity contribution in [1.82, 2.24) is 8.87 Å². The number of hydrogen-bond acceptors (Lipinski definition) is 6. The molecule has 1 aromatic heterocycles. The third kappa shape index (κ3) is 5.50. The van der Waals surface area contributed by atoms with E-state index in [1.807, 2.05) is 76.7 Å². The van der Waals surface area contributed by atoms with E-state index in [2.05, 4.69) is 0 Å². The first-order valence-electron chi connectivity index (χ1n) is 12.6. The number of sulfonamides is 1. The number of esters is 1. The van der Waals surface area contributed by atoms with Crippen LogP contribution in [0.25, 0.3) is 16.9 Å². The van der Waals surface area contributed by atoms with Crippen LogP contribution in [-0.2, 0) is 19.6 Å². The van der Waals surface area contributed by atoms with Gasteiger partial charge in [-0.05, 0) is 56.2 Å². The molecule has 0 amide bonds. The number of para-hydroxylation sites is 2. The summed E-state index contributed by atoms with van der Waals surface area (Å²) >= 11 is 1.50. The van der Waals surface area contributed by atoms with Gasteiger partial charge in [0.25, 0.3) is 0 Å². The molecule has 0 radical (unpaired) electrons.